The monoisotopic (exact) mass is 330 g/mol. The van der Waals surface area contributed by atoms with Gasteiger partial charge >= 0.3 is 0 Å². The van der Waals surface area contributed by atoms with Crippen LogP contribution < -0.4 is 9.47 Å². The maximum Gasteiger partial charge on any atom is 0.174 e. The summed E-state index contributed by atoms with van der Waals surface area (Å²) in [5.74, 6) is 1.28. The first kappa shape index (κ1) is 15.5. The molecule has 3 aromatic carbocycles. The van der Waals surface area contributed by atoms with E-state index in [1.165, 1.54) is 0 Å². The zero-order valence-corrected chi connectivity index (χ0v) is 13.9. The summed E-state index contributed by atoms with van der Waals surface area (Å²) in [6.07, 6.45) is -0.337. The van der Waals surface area contributed by atoms with Crippen molar-refractivity contribution in [2.45, 2.75) is 12.0 Å². The normalized spacial score (nSPS) is 18.3. The van der Waals surface area contributed by atoms with Gasteiger partial charge in [0.2, 0.25) is 0 Å². The highest BCUT2D eigenvalue weighted by atomic mass is 16.5. The molecule has 0 saturated carbocycles. The molecular formula is C22H18O3. The Morgan fingerprint density at radius 3 is 2.28 bits per heavy atom. The van der Waals surface area contributed by atoms with E-state index in [4.69, 9.17) is 9.47 Å². The SMILES string of the molecule is COc1ccc([C@H]2Oc3ccccc3[C@H]2C(=O)c2ccccc2)cc1. The van der Waals surface area contributed by atoms with Crippen molar-refractivity contribution < 1.29 is 14.3 Å². The minimum Gasteiger partial charge on any atom is -0.497 e. The fourth-order valence-electron chi connectivity index (χ4n) is 3.33. The second-order valence-electron chi connectivity index (χ2n) is 6.06. The maximum absolute atomic E-state index is 13.2. The number of hydrogen-bond acceptors (Lipinski definition) is 3. The fourth-order valence-corrected chi connectivity index (χ4v) is 3.33. The lowest BCUT2D eigenvalue weighted by Gasteiger charge is -2.19. The zero-order valence-electron chi connectivity index (χ0n) is 13.9. The van der Waals surface area contributed by atoms with Gasteiger partial charge in [-0.2, -0.15) is 0 Å². The van der Waals surface area contributed by atoms with Gasteiger partial charge in [0.05, 0.1) is 13.0 Å². The van der Waals surface area contributed by atoms with E-state index < -0.39 is 0 Å². The molecule has 1 aliphatic rings. The zero-order chi connectivity index (χ0) is 17.2. The Hall–Kier alpha value is -3.07. The minimum absolute atomic E-state index is 0.0753. The molecule has 0 saturated heterocycles. The quantitative estimate of drug-likeness (QED) is 0.645. The van der Waals surface area contributed by atoms with E-state index in [1.807, 2.05) is 78.9 Å². The molecule has 25 heavy (non-hydrogen) atoms. The number of hydrogen-bond donors (Lipinski definition) is 0. The van der Waals surface area contributed by atoms with Crippen LogP contribution in [-0.2, 0) is 0 Å². The first-order valence-corrected chi connectivity index (χ1v) is 8.27. The topological polar surface area (TPSA) is 35.5 Å². The predicted octanol–water partition coefficient (Wildman–Crippen LogP) is 4.80. The molecular weight excluding hydrogens is 312 g/mol. The van der Waals surface area contributed by atoms with Crippen molar-refractivity contribution >= 4 is 5.78 Å². The molecule has 0 N–H and O–H groups in total. The fraction of sp³-hybridized carbons (Fsp3) is 0.136. The first-order valence-electron chi connectivity index (χ1n) is 8.27. The Labute approximate surface area is 146 Å². The molecule has 0 unspecified atom stereocenters. The van der Waals surface area contributed by atoms with Crippen molar-refractivity contribution in [2.24, 2.45) is 0 Å². The van der Waals surface area contributed by atoms with Gasteiger partial charge in [-0.05, 0) is 23.8 Å². The first-order chi connectivity index (χ1) is 12.3. The molecule has 0 spiro atoms. The Morgan fingerprint density at radius 2 is 1.56 bits per heavy atom. The van der Waals surface area contributed by atoms with Crippen LogP contribution in [0.5, 0.6) is 11.5 Å². The molecule has 0 bridgehead atoms. The number of benzene rings is 3. The third kappa shape index (κ3) is 2.78. The number of rotatable bonds is 4. The van der Waals surface area contributed by atoms with Crippen molar-refractivity contribution in [3.8, 4) is 11.5 Å². The molecule has 3 nitrogen and oxygen atoms in total. The third-order valence-corrected chi connectivity index (χ3v) is 4.60. The summed E-state index contributed by atoms with van der Waals surface area (Å²) in [6.45, 7) is 0. The van der Waals surface area contributed by atoms with E-state index in [9.17, 15) is 4.79 Å². The van der Waals surface area contributed by atoms with Gasteiger partial charge in [0.15, 0.2) is 5.78 Å². The third-order valence-electron chi connectivity index (χ3n) is 4.60. The lowest BCUT2D eigenvalue weighted by atomic mass is 9.85. The Balaban J connectivity index is 1.76. The number of Topliss-reactive ketones (excluding diaryl/α,β-unsaturated/α-hetero) is 1. The summed E-state index contributed by atoms with van der Waals surface area (Å²) in [6, 6.07) is 24.9. The highest BCUT2D eigenvalue weighted by molar-refractivity contribution is 6.02. The van der Waals surface area contributed by atoms with Crippen LogP contribution in [0.1, 0.15) is 33.5 Å². The highest BCUT2D eigenvalue weighted by Gasteiger charge is 2.40. The van der Waals surface area contributed by atoms with E-state index in [1.54, 1.807) is 7.11 Å². The van der Waals surface area contributed by atoms with Gasteiger partial charge in [-0.3, -0.25) is 4.79 Å². The van der Waals surface area contributed by atoms with Crippen molar-refractivity contribution in [1.82, 2.24) is 0 Å². The van der Waals surface area contributed by atoms with Crippen LogP contribution in [0.2, 0.25) is 0 Å². The average Bonchev–Trinajstić information content (AvgIpc) is 3.07. The Morgan fingerprint density at radius 1 is 0.880 bits per heavy atom. The Bertz CT molecular complexity index is 885. The van der Waals surface area contributed by atoms with Crippen LogP contribution >= 0.6 is 0 Å². The van der Waals surface area contributed by atoms with Gasteiger partial charge in [0.25, 0.3) is 0 Å². The Kier molecular flexibility index (Phi) is 3.98. The van der Waals surface area contributed by atoms with Crippen molar-refractivity contribution in [2.75, 3.05) is 7.11 Å². The molecule has 0 aliphatic carbocycles. The maximum atomic E-state index is 13.2. The predicted molar refractivity (Wildman–Crippen MR) is 96.3 cm³/mol. The molecule has 0 amide bonds. The summed E-state index contributed by atoms with van der Waals surface area (Å²) in [4.78, 5) is 13.2. The molecule has 3 aromatic rings. The molecule has 0 fully saturated rings. The average molecular weight is 330 g/mol. The molecule has 124 valence electrons. The van der Waals surface area contributed by atoms with E-state index in [-0.39, 0.29) is 17.8 Å². The van der Waals surface area contributed by atoms with Crippen molar-refractivity contribution in [1.29, 1.82) is 0 Å². The van der Waals surface area contributed by atoms with Crippen LogP contribution in [-0.4, -0.2) is 12.9 Å². The van der Waals surface area contributed by atoms with Crippen LogP contribution in [0.4, 0.5) is 0 Å². The van der Waals surface area contributed by atoms with Crippen LogP contribution in [0.15, 0.2) is 78.9 Å². The van der Waals surface area contributed by atoms with E-state index in [0.717, 1.165) is 22.6 Å². The second-order valence-corrected chi connectivity index (χ2v) is 6.06. The summed E-state index contributed by atoms with van der Waals surface area (Å²) in [5.41, 5.74) is 2.61. The summed E-state index contributed by atoms with van der Waals surface area (Å²) in [7, 11) is 1.64. The summed E-state index contributed by atoms with van der Waals surface area (Å²) in [5, 5.41) is 0. The largest absolute Gasteiger partial charge is 0.497 e. The molecule has 3 heteroatoms. The van der Waals surface area contributed by atoms with Crippen LogP contribution in [0.25, 0.3) is 0 Å². The smallest absolute Gasteiger partial charge is 0.174 e. The number of fused-ring (bicyclic) bond motifs is 1. The van der Waals surface area contributed by atoms with Gasteiger partial charge in [-0.25, -0.2) is 0 Å². The van der Waals surface area contributed by atoms with Crippen molar-refractivity contribution in [3.05, 3.63) is 95.6 Å². The minimum atomic E-state index is -0.355. The standard InChI is InChI=1S/C22H18O3/c1-24-17-13-11-16(12-14-17)22-20(18-9-5-6-10-19(18)25-22)21(23)15-7-3-2-4-8-15/h2-14,20,22H,1H3/t20-,22+/m0/s1. The highest BCUT2D eigenvalue weighted by Crippen LogP contribution is 2.47. The van der Waals surface area contributed by atoms with Crippen molar-refractivity contribution in [3.63, 3.8) is 0 Å². The van der Waals surface area contributed by atoms with Gasteiger partial charge in [0, 0.05) is 11.1 Å². The number of methoxy groups -OCH3 is 1. The number of carbonyl (C=O) groups is 1. The lowest BCUT2D eigenvalue weighted by molar-refractivity contribution is 0.0896. The van der Waals surface area contributed by atoms with Crippen LogP contribution in [0.3, 0.4) is 0 Å². The molecule has 1 aliphatic heterocycles. The summed E-state index contributed by atoms with van der Waals surface area (Å²) < 4.78 is 11.4. The number of carbonyl (C=O) groups excluding carboxylic acids is 1. The van der Waals surface area contributed by atoms with Gasteiger partial charge in [0.1, 0.15) is 17.6 Å². The van der Waals surface area contributed by atoms with Gasteiger partial charge in [-0.1, -0.05) is 60.7 Å². The molecule has 4 rings (SSSR count). The molecule has 2 atom stereocenters. The van der Waals surface area contributed by atoms with E-state index >= 15 is 0 Å². The molecule has 0 radical (unpaired) electrons. The van der Waals surface area contributed by atoms with E-state index in [0.29, 0.717) is 5.56 Å². The lowest BCUT2D eigenvalue weighted by Crippen LogP contribution is -2.19. The molecule has 0 aromatic heterocycles. The van der Waals surface area contributed by atoms with Crippen LogP contribution in [0, 0.1) is 0 Å². The number of para-hydroxylation sites is 1. The second kappa shape index (κ2) is 6.44. The number of ketones is 1. The number of ether oxygens (including phenoxy) is 2. The van der Waals surface area contributed by atoms with E-state index in [2.05, 4.69) is 0 Å². The van der Waals surface area contributed by atoms with Gasteiger partial charge < -0.3 is 9.47 Å². The van der Waals surface area contributed by atoms with Gasteiger partial charge in [-0.15, -0.1) is 0 Å². The molecule has 1 heterocycles. The summed E-state index contributed by atoms with van der Waals surface area (Å²) >= 11 is 0.